The molecular weight excluding hydrogens is 459 g/mol. The van der Waals surface area contributed by atoms with E-state index in [9.17, 15) is 0 Å². The summed E-state index contributed by atoms with van der Waals surface area (Å²) >= 11 is 3.03. The average Bonchev–Trinajstić information content (AvgIpc) is 2.81. The molecule has 2 N–H and O–H groups in total. The van der Waals surface area contributed by atoms with Crippen LogP contribution in [0.5, 0.6) is 0 Å². The third kappa shape index (κ3) is 6.11. The molecule has 1 aromatic heterocycles. The van der Waals surface area contributed by atoms with Gasteiger partial charge in [0.25, 0.3) is 0 Å². The first-order valence-corrected chi connectivity index (χ1v) is 12.8. The molecule has 3 aromatic rings. The minimum atomic E-state index is 0.858. The van der Waals surface area contributed by atoms with Crippen molar-refractivity contribution in [3.63, 3.8) is 0 Å². The van der Waals surface area contributed by atoms with Crippen molar-refractivity contribution in [1.82, 2.24) is 4.98 Å². The number of para-hydroxylation sites is 1. The number of anilines is 2. The van der Waals surface area contributed by atoms with Crippen LogP contribution in [0.25, 0.3) is 10.9 Å². The molecule has 1 radical (unpaired) electrons. The maximum atomic E-state index is 4.94. The molecule has 0 unspecified atom stereocenters. The molecule has 4 nitrogen and oxygen atoms in total. The topological polar surface area (TPSA) is 49.3 Å². The van der Waals surface area contributed by atoms with Gasteiger partial charge in [-0.25, -0.2) is 0 Å². The number of pyridine rings is 1. The molecule has 167 valence electrons. The molecule has 1 aliphatic rings. The molecule has 0 atom stereocenters. The van der Waals surface area contributed by atoms with Crippen molar-refractivity contribution in [2.45, 2.75) is 58.3 Å². The second-order valence-corrected chi connectivity index (χ2v) is 9.47. The zero-order chi connectivity index (χ0) is 22.2. The van der Waals surface area contributed by atoms with Crippen LogP contribution in [0.4, 0.5) is 11.4 Å². The van der Waals surface area contributed by atoms with Gasteiger partial charge in [0.05, 0.1) is 0 Å². The fourth-order valence-electron chi connectivity index (χ4n) is 4.36. The number of aromatic nitrogens is 1. The van der Waals surface area contributed by atoms with E-state index in [-0.39, 0.29) is 0 Å². The number of hydrogen-bond donors (Lipinski definition) is 2. The molecule has 0 aliphatic heterocycles. The molecule has 1 heterocycles. The van der Waals surface area contributed by atoms with Gasteiger partial charge in [-0.1, -0.05) is 12.1 Å². The number of rotatable bonds is 9. The number of aliphatic imine (C=N–C) groups is 1. The summed E-state index contributed by atoms with van der Waals surface area (Å²) in [6.45, 7) is 3.97. The number of fused-ring (bicyclic) bond motifs is 2. The second-order valence-electron chi connectivity index (χ2n) is 8.66. The van der Waals surface area contributed by atoms with Crippen molar-refractivity contribution in [2.75, 3.05) is 23.7 Å². The first-order valence-electron chi connectivity index (χ1n) is 11.9. The Bertz CT molecular complexity index is 1060. The Balaban J connectivity index is 1.20. The quantitative estimate of drug-likeness (QED) is 0.166. The van der Waals surface area contributed by atoms with E-state index in [0.29, 0.717) is 0 Å². The van der Waals surface area contributed by atoms with Crippen LogP contribution in [0, 0.1) is 6.92 Å². The molecule has 32 heavy (non-hydrogen) atoms. The van der Waals surface area contributed by atoms with Crippen LogP contribution in [0.3, 0.4) is 0 Å². The Hall–Kier alpha value is -2.36. The van der Waals surface area contributed by atoms with Gasteiger partial charge >= 0.3 is 158 Å². The zero-order valence-electron chi connectivity index (χ0n) is 19.0. The van der Waals surface area contributed by atoms with Gasteiger partial charge in [-0.05, 0) is 25.3 Å². The third-order valence-electron chi connectivity index (χ3n) is 6.11. The van der Waals surface area contributed by atoms with E-state index < -0.39 is 0 Å². The van der Waals surface area contributed by atoms with Gasteiger partial charge in [-0.15, -0.1) is 0 Å². The molecular formula is C27H33N4Se. The number of nitrogens with zero attached hydrogens (tertiary/aromatic N) is 2. The molecule has 0 saturated carbocycles. The van der Waals surface area contributed by atoms with Crippen LogP contribution in [-0.2, 0) is 12.8 Å². The van der Waals surface area contributed by atoms with E-state index in [1.54, 1.807) is 0 Å². The Morgan fingerprint density at radius 2 is 1.75 bits per heavy atom. The van der Waals surface area contributed by atoms with Gasteiger partial charge in [0.1, 0.15) is 0 Å². The van der Waals surface area contributed by atoms with E-state index in [1.807, 2.05) is 0 Å². The van der Waals surface area contributed by atoms with Gasteiger partial charge in [0, 0.05) is 0 Å². The Kier molecular flexibility index (Phi) is 8.19. The van der Waals surface area contributed by atoms with Crippen LogP contribution in [-0.4, -0.2) is 38.8 Å². The molecule has 1 aliphatic carbocycles. The van der Waals surface area contributed by atoms with Crippen molar-refractivity contribution in [2.24, 2.45) is 4.99 Å². The molecule has 0 saturated heterocycles. The molecule has 0 amide bonds. The Labute approximate surface area is 200 Å². The number of hydrogen-bond acceptors (Lipinski definition) is 3. The van der Waals surface area contributed by atoms with Gasteiger partial charge in [-0.2, -0.15) is 0 Å². The van der Waals surface area contributed by atoms with Crippen molar-refractivity contribution in [1.29, 1.82) is 0 Å². The predicted octanol–water partition coefficient (Wildman–Crippen LogP) is 6.03. The van der Waals surface area contributed by atoms with Crippen molar-refractivity contribution >= 4 is 43.0 Å². The zero-order valence-corrected chi connectivity index (χ0v) is 20.7. The molecule has 4 rings (SSSR count). The third-order valence-corrected chi connectivity index (χ3v) is 6.60. The molecule has 5 heteroatoms. The van der Waals surface area contributed by atoms with Gasteiger partial charge < -0.3 is 0 Å². The standard InChI is InChI=1S/C27H33N4Se/c1-20-14-16-21(17-15-20)30-27(32)29-19-9-3-2-8-18-28-26-22-10-4-6-12-24(22)31-25-13-7-5-11-23(25)26/h4,6,10,12,14-17H,2-3,5,7-9,11,13,18-19H2,1H3,(H,28,31)(H,29,30). The predicted molar refractivity (Wildman–Crippen MR) is 138 cm³/mol. The summed E-state index contributed by atoms with van der Waals surface area (Å²) < 4.78 is 0.866. The Morgan fingerprint density at radius 1 is 0.969 bits per heavy atom. The first-order chi connectivity index (χ1) is 15.7. The first kappa shape index (κ1) is 22.8. The van der Waals surface area contributed by atoms with E-state index >= 15 is 0 Å². The fraction of sp³-hybridized carbons (Fsp3) is 0.407. The SMILES string of the molecule is Cc1ccc(NC([Se])=NCCCCCCNc2c3c(nc4ccccc24)CCCC3)cc1. The monoisotopic (exact) mass is 493 g/mol. The molecule has 2 aromatic carbocycles. The van der Waals surface area contributed by atoms with E-state index in [4.69, 9.17) is 4.98 Å². The van der Waals surface area contributed by atoms with Crippen LogP contribution < -0.4 is 10.6 Å². The summed E-state index contributed by atoms with van der Waals surface area (Å²) in [5.41, 5.74) is 7.56. The Morgan fingerprint density at radius 3 is 2.62 bits per heavy atom. The van der Waals surface area contributed by atoms with E-state index in [2.05, 4.69) is 87.1 Å². The van der Waals surface area contributed by atoms with Crippen LogP contribution in [0.2, 0.25) is 0 Å². The summed E-state index contributed by atoms with van der Waals surface area (Å²) in [4.78, 5) is 9.56. The van der Waals surface area contributed by atoms with Crippen LogP contribution in [0.1, 0.15) is 55.3 Å². The number of unbranched alkanes of at least 4 members (excludes halogenated alkanes) is 3. The summed E-state index contributed by atoms with van der Waals surface area (Å²) in [5, 5.41) is 8.36. The molecule has 0 bridgehead atoms. The summed E-state index contributed by atoms with van der Waals surface area (Å²) in [6.07, 6.45) is 9.54. The summed E-state index contributed by atoms with van der Waals surface area (Å²) in [7, 11) is 0. The van der Waals surface area contributed by atoms with Crippen molar-refractivity contribution in [3.8, 4) is 0 Å². The average molecular weight is 493 g/mol. The van der Waals surface area contributed by atoms with E-state index in [0.717, 1.165) is 48.3 Å². The van der Waals surface area contributed by atoms with Crippen LogP contribution >= 0.6 is 0 Å². The fourth-order valence-corrected chi connectivity index (χ4v) is 4.80. The normalized spacial score (nSPS) is 13.7. The van der Waals surface area contributed by atoms with Gasteiger partial charge in [0.15, 0.2) is 0 Å². The number of amidine groups is 1. The number of nitrogens with one attached hydrogen (secondary N) is 2. The van der Waals surface area contributed by atoms with Crippen LogP contribution in [0.15, 0.2) is 53.5 Å². The van der Waals surface area contributed by atoms with Gasteiger partial charge in [-0.3, -0.25) is 4.98 Å². The van der Waals surface area contributed by atoms with Crippen molar-refractivity contribution < 1.29 is 0 Å². The second kappa shape index (κ2) is 11.5. The maximum absolute atomic E-state index is 4.94. The van der Waals surface area contributed by atoms with Crippen molar-refractivity contribution in [3.05, 3.63) is 65.4 Å². The molecule has 0 fully saturated rings. The van der Waals surface area contributed by atoms with Gasteiger partial charge in [0.2, 0.25) is 0 Å². The number of benzene rings is 2. The summed E-state index contributed by atoms with van der Waals surface area (Å²) in [5.74, 6) is 0. The minimum absolute atomic E-state index is 0.858. The number of aryl methyl sites for hydroxylation is 2. The molecule has 0 spiro atoms. The summed E-state index contributed by atoms with van der Waals surface area (Å²) in [6, 6.07) is 16.9. The van der Waals surface area contributed by atoms with E-state index in [1.165, 1.54) is 60.0 Å².